The van der Waals surface area contributed by atoms with Crippen molar-refractivity contribution in [2.75, 3.05) is 0 Å². The van der Waals surface area contributed by atoms with Crippen LogP contribution in [-0.4, -0.2) is 27.6 Å². The van der Waals surface area contributed by atoms with Crippen molar-refractivity contribution in [3.8, 4) is 11.6 Å². The van der Waals surface area contributed by atoms with E-state index in [4.69, 9.17) is 4.55 Å². The van der Waals surface area contributed by atoms with Gasteiger partial charge in [-0.25, -0.2) is 9.36 Å². The first-order valence-electron chi connectivity index (χ1n) is 4.92. The molecule has 19 heavy (non-hydrogen) atoms. The van der Waals surface area contributed by atoms with Crippen molar-refractivity contribution in [3.63, 3.8) is 0 Å². The number of hydrogen-bond acceptors (Lipinski definition) is 5. The summed E-state index contributed by atoms with van der Waals surface area (Å²) in [7, 11) is -4.34. The number of nitrogens with one attached hydrogen (secondary N) is 1. The van der Waals surface area contributed by atoms with Crippen LogP contribution in [0.5, 0.6) is 5.88 Å². The summed E-state index contributed by atoms with van der Waals surface area (Å²) >= 11 is 0. The first kappa shape index (κ1) is 13.1. The Morgan fingerprint density at radius 3 is 2.16 bits per heavy atom. The van der Waals surface area contributed by atoms with Gasteiger partial charge in [0.2, 0.25) is 5.88 Å². The molecule has 8 nitrogen and oxygen atoms in total. The Morgan fingerprint density at radius 1 is 1.11 bits per heavy atom. The summed E-state index contributed by atoms with van der Waals surface area (Å²) in [6, 6.07) is 5.31. The Bertz CT molecular complexity index is 832. The van der Waals surface area contributed by atoms with Gasteiger partial charge in [-0.05, 0) is 24.3 Å². The largest absolute Gasteiger partial charge is 0.494 e. The van der Waals surface area contributed by atoms with Crippen molar-refractivity contribution in [1.29, 1.82) is 0 Å². The molecular formula is C10H8N2O6S. The number of H-pyrrole nitrogens is 1. The minimum Gasteiger partial charge on any atom is -0.494 e. The molecule has 0 fully saturated rings. The summed E-state index contributed by atoms with van der Waals surface area (Å²) in [6.07, 6.45) is 0. The molecule has 9 heteroatoms. The zero-order valence-corrected chi connectivity index (χ0v) is 10.1. The first-order valence-corrected chi connectivity index (χ1v) is 6.36. The van der Waals surface area contributed by atoms with E-state index in [9.17, 15) is 23.1 Å². The lowest BCUT2D eigenvalue weighted by Crippen LogP contribution is -2.27. The smallest absolute Gasteiger partial charge is 0.335 e. The number of hydrogen-bond donors (Lipinski definition) is 3. The molecule has 0 aliphatic carbocycles. The summed E-state index contributed by atoms with van der Waals surface area (Å²) in [5.41, 5.74) is -1.50. The fraction of sp³-hybridized carbons (Fsp3) is 0. The van der Waals surface area contributed by atoms with Gasteiger partial charge in [0.15, 0.2) is 0 Å². The van der Waals surface area contributed by atoms with Crippen molar-refractivity contribution in [1.82, 2.24) is 9.55 Å². The second-order valence-corrected chi connectivity index (χ2v) is 5.02. The molecule has 0 unspecified atom stereocenters. The Balaban J connectivity index is 2.62. The molecule has 0 spiro atoms. The van der Waals surface area contributed by atoms with Gasteiger partial charge in [0.25, 0.3) is 15.7 Å². The number of rotatable bonds is 2. The van der Waals surface area contributed by atoms with Gasteiger partial charge in [0.1, 0.15) is 0 Å². The van der Waals surface area contributed by atoms with Crippen LogP contribution in [0.3, 0.4) is 0 Å². The Morgan fingerprint density at radius 2 is 1.68 bits per heavy atom. The summed E-state index contributed by atoms with van der Waals surface area (Å²) < 4.78 is 31.3. The number of aromatic hydroxyl groups is 1. The van der Waals surface area contributed by atoms with Gasteiger partial charge in [-0.15, -0.1) is 0 Å². The van der Waals surface area contributed by atoms with Crippen LogP contribution in [0.25, 0.3) is 5.69 Å². The van der Waals surface area contributed by atoms with Crippen LogP contribution in [0.15, 0.2) is 44.8 Å². The average Bonchev–Trinajstić information content (AvgIpc) is 2.27. The van der Waals surface area contributed by atoms with E-state index in [-0.39, 0.29) is 10.6 Å². The normalized spacial score (nSPS) is 11.4. The molecule has 3 N–H and O–H groups in total. The van der Waals surface area contributed by atoms with Crippen molar-refractivity contribution in [3.05, 3.63) is 51.2 Å². The molecule has 0 bridgehead atoms. The monoisotopic (exact) mass is 284 g/mol. The second kappa shape index (κ2) is 4.37. The van der Waals surface area contributed by atoms with Crippen molar-refractivity contribution < 1.29 is 18.1 Å². The summed E-state index contributed by atoms with van der Waals surface area (Å²) in [5.74, 6) is -0.589. The van der Waals surface area contributed by atoms with Crippen LogP contribution in [0.2, 0.25) is 0 Å². The van der Waals surface area contributed by atoms with E-state index in [1.165, 1.54) is 12.1 Å². The molecule has 100 valence electrons. The highest BCUT2D eigenvalue weighted by Crippen LogP contribution is 2.15. The molecule has 1 aromatic heterocycles. The predicted molar refractivity (Wildman–Crippen MR) is 64.1 cm³/mol. The minimum atomic E-state index is -4.34. The third kappa shape index (κ3) is 2.56. The number of nitrogens with zero attached hydrogens (tertiary/aromatic N) is 1. The third-order valence-corrected chi connectivity index (χ3v) is 3.18. The molecule has 0 aliphatic heterocycles. The molecule has 0 saturated carbocycles. The third-order valence-electron chi connectivity index (χ3n) is 2.32. The maximum absolute atomic E-state index is 11.5. The summed E-state index contributed by atoms with van der Waals surface area (Å²) in [6.45, 7) is 0. The zero-order valence-electron chi connectivity index (χ0n) is 9.27. The van der Waals surface area contributed by atoms with E-state index in [1.54, 1.807) is 0 Å². The lowest BCUT2D eigenvalue weighted by atomic mass is 10.3. The van der Waals surface area contributed by atoms with Gasteiger partial charge >= 0.3 is 5.69 Å². The molecule has 2 aromatic rings. The van der Waals surface area contributed by atoms with Gasteiger partial charge in [-0.1, -0.05) is 0 Å². The van der Waals surface area contributed by atoms with Gasteiger partial charge in [0, 0.05) is 0 Å². The molecule has 1 heterocycles. The zero-order chi connectivity index (χ0) is 14.2. The maximum atomic E-state index is 11.5. The van der Waals surface area contributed by atoms with Crippen LogP contribution < -0.4 is 11.2 Å². The summed E-state index contributed by atoms with van der Waals surface area (Å²) in [4.78, 5) is 24.1. The second-order valence-electron chi connectivity index (χ2n) is 3.60. The lowest BCUT2D eigenvalue weighted by Gasteiger charge is -2.07. The van der Waals surface area contributed by atoms with Gasteiger partial charge in [-0.3, -0.25) is 14.3 Å². The quantitative estimate of drug-likeness (QED) is 0.636. The average molecular weight is 284 g/mol. The van der Waals surface area contributed by atoms with E-state index < -0.39 is 27.2 Å². The molecular weight excluding hydrogens is 276 g/mol. The SMILES string of the molecule is O=c1cc(O)n(-c2ccc(S(=O)(=O)O)cc2)c(=O)[nH]1. The van der Waals surface area contributed by atoms with Crippen molar-refractivity contribution in [2.24, 2.45) is 0 Å². The molecule has 0 atom stereocenters. The molecule has 0 saturated heterocycles. The van der Waals surface area contributed by atoms with Crippen LogP contribution >= 0.6 is 0 Å². The minimum absolute atomic E-state index is 0.131. The number of aromatic nitrogens is 2. The van der Waals surface area contributed by atoms with Crippen LogP contribution in [-0.2, 0) is 10.1 Å². The highest BCUT2D eigenvalue weighted by molar-refractivity contribution is 7.85. The number of benzene rings is 1. The van der Waals surface area contributed by atoms with E-state index in [1.807, 2.05) is 4.98 Å². The Hall–Kier alpha value is -2.39. The van der Waals surface area contributed by atoms with E-state index >= 15 is 0 Å². The topological polar surface area (TPSA) is 129 Å². The summed E-state index contributed by atoms with van der Waals surface area (Å²) in [5, 5.41) is 9.53. The Labute approximate surface area is 106 Å². The molecule has 0 amide bonds. The number of aromatic amines is 1. The fourth-order valence-corrected chi connectivity index (χ4v) is 1.98. The van der Waals surface area contributed by atoms with E-state index in [2.05, 4.69) is 0 Å². The van der Waals surface area contributed by atoms with Crippen molar-refractivity contribution >= 4 is 10.1 Å². The molecule has 0 aliphatic rings. The van der Waals surface area contributed by atoms with Gasteiger partial charge in [0.05, 0.1) is 16.6 Å². The fourth-order valence-electron chi connectivity index (χ4n) is 1.50. The highest BCUT2D eigenvalue weighted by atomic mass is 32.2. The van der Waals surface area contributed by atoms with Crippen LogP contribution in [0.4, 0.5) is 0 Å². The lowest BCUT2D eigenvalue weighted by molar-refractivity contribution is 0.431. The van der Waals surface area contributed by atoms with Gasteiger partial charge < -0.3 is 5.11 Å². The van der Waals surface area contributed by atoms with Crippen LogP contribution in [0.1, 0.15) is 0 Å². The molecule has 0 radical (unpaired) electrons. The molecule has 1 aromatic carbocycles. The highest BCUT2D eigenvalue weighted by Gasteiger charge is 2.11. The predicted octanol–water partition coefficient (Wildman–Crippen LogP) is -0.522. The van der Waals surface area contributed by atoms with Crippen LogP contribution in [0, 0.1) is 0 Å². The standard InChI is InChI=1S/C10H8N2O6S/c13-8-5-9(14)12(10(15)11-8)6-1-3-7(4-2-6)19(16,17)18/h1-5,14H,(H,11,13,15)(H,16,17,18). The molecule has 2 rings (SSSR count). The first-order chi connectivity index (χ1) is 8.79. The Kier molecular flexibility index (Phi) is 3.00. The van der Waals surface area contributed by atoms with E-state index in [0.717, 1.165) is 22.8 Å². The van der Waals surface area contributed by atoms with Crippen molar-refractivity contribution in [2.45, 2.75) is 4.90 Å². The maximum Gasteiger partial charge on any atom is 0.335 e. The van der Waals surface area contributed by atoms with Gasteiger partial charge in [-0.2, -0.15) is 8.42 Å². The van der Waals surface area contributed by atoms with E-state index in [0.29, 0.717) is 0 Å².